The van der Waals surface area contributed by atoms with Crippen molar-refractivity contribution in [2.75, 3.05) is 6.61 Å². The Morgan fingerprint density at radius 3 is 2.71 bits per heavy atom. The van der Waals surface area contributed by atoms with Gasteiger partial charge in [0.05, 0.1) is 17.3 Å². The van der Waals surface area contributed by atoms with Crippen LogP contribution in [0.5, 0.6) is 0 Å². The van der Waals surface area contributed by atoms with E-state index in [0.717, 1.165) is 42.3 Å². The van der Waals surface area contributed by atoms with E-state index in [0.29, 0.717) is 11.3 Å². The molecule has 0 radical (unpaired) electrons. The lowest BCUT2D eigenvalue weighted by Gasteiger charge is -2.28. The topological polar surface area (TPSA) is 72.3 Å². The minimum absolute atomic E-state index is 0.0165. The van der Waals surface area contributed by atoms with Gasteiger partial charge in [0.1, 0.15) is 12.4 Å². The standard InChI is InChI=1S/C22H21FN2O3/c23-17-5-1-3-15(11-17)22-21-16(4-2-10-24-21)12-19(25-22)14-6-8-18(9-7-14)28-13-20(26)27/h1-5,10-12,14,18H,6-9,13H2,(H,26,27). The smallest absolute Gasteiger partial charge is 0.329 e. The molecular formula is C22H21FN2O3. The Morgan fingerprint density at radius 1 is 1.14 bits per heavy atom. The Bertz CT molecular complexity index is 1000. The third-order valence-corrected chi connectivity index (χ3v) is 5.24. The minimum Gasteiger partial charge on any atom is -0.480 e. The average Bonchev–Trinajstić information content (AvgIpc) is 2.72. The molecule has 1 saturated carbocycles. The summed E-state index contributed by atoms with van der Waals surface area (Å²) in [5, 5.41) is 9.75. The van der Waals surface area contributed by atoms with Crippen molar-refractivity contribution in [2.24, 2.45) is 0 Å². The first-order valence-electron chi connectivity index (χ1n) is 9.45. The van der Waals surface area contributed by atoms with Gasteiger partial charge in [0.2, 0.25) is 0 Å². The fourth-order valence-electron chi connectivity index (χ4n) is 3.87. The Labute approximate surface area is 162 Å². The summed E-state index contributed by atoms with van der Waals surface area (Å²) in [6, 6.07) is 12.4. The van der Waals surface area contributed by atoms with Crippen LogP contribution in [0.25, 0.3) is 22.2 Å². The SMILES string of the molecule is O=C(O)COC1CCC(c2cc3cccnc3c(-c3cccc(F)c3)n2)CC1. The van der Waals surface area contributed by atoms with Crippen LogP contribution >= 0.6 is 0 Å². The molecule has 2 aromatic heterocycles. The second kappa shape index (κ2) is 8.02. The second-order valence-corrected chi connectivity index (χ2v) is 7.16. The first-order valence-corrected chi connectivity index (χ1v) is 9.45. The van der Waals surface area contributed by atoms with Crippen molar-refractivity contribution in [3.63, 3.8) is 0 Å². The molecule has 0 amide bonds. The van der Waals surface area contributed by atoms with Crippen molar-refractivity contribution in [3.8, 4) is 11.3 Å². The van der Waals surface area contributed by atoms with E-state index < -0.39 is 5.97 Å². The van der Waals surface area contributed by atoms with E-state index in [9.17, 15) is 9.18 Å². The molecule has 5 nitrogen and oxygen atoms in total. The molecule has 0 spiro atoms. The lowest BCUT2D eigenvalue weighted by molar-refractivity contribution is -0.145. The highest BCUT2D eigenvalue weighted by Gasteiger charge is 2.25. The number of aromatic nitrogens is 2. The van der Waals surface area contributed by atoms with Gasteiger partial charge in [0.25, 0.3) is 0 Å². The molecule has 4 rings (SSSR count). The predicted octanol–water partition coefficient (Wildman–Crippen LogP) is 4.56. The maximum absolute atomic E-state index is 13.8. The van der Waals surface area contributed by atoms with E-state index in [4.69, 9.17) is 14.8 Å². The highest BCUT2D eigenvalue weighted by Crippen LogP contribution is 2.36. The van der Waals surface area contributed by atoms with Gasteiger partial charge in [0.15, 0.2) is 0 Å². The van der Waals surface area contributed by atoms with Crippen LogP contribution in [-0.4, -0.2) is 33.8 Å². The highest BCUT2D eigenvalue weighted by atomic mass is 19.1. The monoisotopic (exact) mass is 380 g/mol. The number of nitrogens with zero attached hydrogens (tertiary/aromatic N) is 2. The largest absolute Gasteiger partial charge is 0.480 e. The normalized spacial score (nSPS) is 19.6. The minimum atomic E-state index is -0.939. The second-order valence-electron chi connectivity index (χ2n) is 7.16. The molecule has 28 heavy (non-hydrogen) atoms. The van der Waals surface area contributed by atoms with Gasteiger partial charge in [-0.3, -0.25) is 9.97 Å². The molecule has 1 N–H and O–H groups in total. The zero-order chi connectivity index (χ0) is 19.5. The number of carboxylic acid groups (broad SMARTS) is 1. The number of carbonyl (C=O) groups is 1. The summed E-state index contributed by atoms with van der Waals surface area (Å²) in [6.45, 7) is -0.251. The van der Waals surface area contributed by atoms with E-state index in [2.05, 4.69) is 11.1 Å². The van der Waals surface area contributed by atoms with Crippen molar-refractivity contribution >= 4 is 16.9 Å². The number of pyridine rings is 2. The van der Waals surface area contributed by atoms with Crippen LogP contribution in [0.3, 0.4) is 0 Å². The summed E-state index contributed by atoms with van der Waals surface area (Å²) in [6.07, 6.45) is 5.08. The molecule has 3 aromatic rings. The molecule has 0 saturated heterocycles. The molecule has 0 atom stereocenters. The van der Waals surface area contributed by atoms with Gasteiger partial charge in [-0.2, -0.15) is 0 Å². The summed E-state index contributed by atoms with van der Waals surface area (Å²) in [7, 11) is 0. The Kier molecular flexibility index (Phi) is 5.30. The van der Waals surface area contributed by atoms with Crippen molar-refractivity contribution < 1.29 is 19.0 Å². The molecule has 1 fully saturated rings. The van der Waals surface area contributed by atoms with Gasteiger partial charge in [0, 0.05) is 28.8 Å². The van der Waals surface area contributed by atoms with Crippen molar-refractivity contribution in [3.05, 3.63) is 60.2 Å². The molecule has 144 valence electrons. The quantitative estimate of drug-likeness (QED) is 0.702. The molecule has 1 aliphatic carbocycles. The number of hydrogen-bond donors (Lipinski definition) is 1. The number of carboxylic acids is 1. The summed E-state index contributed by atoms with van der Waals surface area (Å²) < 4.78 is 19.2. The predicted molar refractivity (Wildman–Crippen MR) is 104 cm³/mol. The van der Waals surface area contributed by atoms with E-state index in [-0.39, 0.29) is 24.4 Å². The van der Waals surface area contributed by atoms with Crippen LogP contribution < -0.4 is 0 Å². The molecule has 1 aliphatic rings. The Morgan fingerprint density at radius 2 is 1.96 bits per heavy atom. The van der Waals surface area contributed by atoms with Crippen LogP contribution in [-0.2, 0) is 9.53 Å². The van der Waals surface area contributed by atoms with Gasteiger partial charge in [-0.1, -0.05) is 18.2 Å². The van der Waals surface area contributed by atoms with Gasteiger partial charge in [-0.25, -0.2) is 9.18 Å². The summed E-state index contributed by atoms with van der Waals surface area (Å²) in [5.74, 6) is -0.975. The van der Waals surface area contributed by atoms with Gasteiger partial charge < -0.3 is 9.84 Å². The molecule has 0 aliphatic heterocycles. The van der Waals surface area contributed by atoms with E-state index in [1.165, 1.54) is 12.1 Å². The molecule has 6 heteroatoms. The van der Waals surface area contributed by atoms with Crippen LogP contribution in [0.2, 0.25) is 0 Å². The van der Waals surface area contributed by atoms with E-state index in [1.54, 1.807) is 12.3 Å². The molecular weight excluding hydrogens is 359 g/mol. The first kappa shape index (κ1) is 18.5. The van der Waals surface area contributed by atoms with Crippen LogP contribution in [0.4, 0.5) is 4.39 Å². The van der Waals surface area contributed by atoms with Crippen molar-refractivity contribution in [1.29, 1.82) is 0 Å². The van der Waals surface area contributed by atoms with Crippen molar-refractivity contribution in [1.82, 2.24) is 9.97 Å². The maximum Gasteiger partial charge on any atom is 0.329 e. The van der Waals surface area contributed by atoms with Gasteiger partial charge in [-0.15, -0.1) is 0 Å². The van der Waals surface area contributed by atoms with E-state index in [1.807, 2.05) is 18.2 Å². The van der Waals surface area contributed by atoms with Crippen LogP contribution in [0.1, 0.15) is 37.3 Å². The first-order chi connectivity index (χ1) is 13.6. The lowest BCUT2D eigenvalue weighted by Crippen LogP contribution is -2.24. The molecule has 0 bridgehead atoms. The Balaban J connectivity index is 1.63. The van der Waals surface area contributed by atoms with E-state index >= 15 is 0 Å². The fraction of sp³-hybridized carbons (Fsp3) is 0.318. The summed E-state index contributed by atoms with van der Waals surface area (Å²) in [4.78, 5) is 20.0. The summed E-state index contributed by atoms with van der Waals surface area (Å²) in [5.41, 5.74) is 3.13. The number of ether oxygens (including phenoxy) is 1. The Hall–Kier alpha value is -2.86. The number of fused-ring (bicyclic) bond motifs is 1. The van der Waals surface area contributed by atoms with Crippen LogP contribution in [0.15, 0.2) is 48.7 Å². The zero-order valence-electron chi connectivity index (χ0n) is 15.3. The van der Waals surface area contributed by atoms with Crippen LogP contribution in [0, 0.1) is 5.82 Å². The number of benzene rings is 1. The fourth-order valence-corrected chi connectivity index (χ4v) is 3.87. The van der Waals surface area contributed by atoms with Gasteiger partial charge >= 0.3 is 5.97 Å². The van der Waals surface area contributed by atoms with Gasteiger partial charge in [-0.05, 0) is 49.9 Å². The zero-order valence-corrected chi connectivity index (χ0v) is 15.3. The average molecular weight is 380 g/mol. The maximum atomic E-state index is 13.8. The lowest BCUT2D eigenvalue weighted by atomic mass is 9.84. The number of rotatable bonds is 5. The molecule has 0 unspecified atom stereocenters. The third kappa shape index (κ3) is 4.02. The number of aliphatic carboxylic acids is 1. The summed E-state index contributed by atoms with van der Waals surface area (Å²) >= 11 is 0. The third-order valence-electron chi connectivity index (χ3n) is 5.24. The number of halogens is 1. The molecule has 1 aromatic carbocycles. The van der Waals surface area contributed by atoms with Crippen molar-refractivity contribution in [2.45, 2.75) is 37.7 Å². The number of hydrogen-bond acceptors (Lipinski definition) is 4. The molecule has 2 heterocycles. The highest BCUT2D eigenvalue weighted by molar-refractivity contribution is 5.91.